The van der Waals surface area contributed by atoms with E-state index in [9.17, 15) is 4.79 Å². The first-order valence-corrected chi connectivity index (χ1v) is 8.40. The van der Waals surface area contributed by atoms with Crippen LogP contribution in [-0.2, 0) is 4.79 Å². The van der Waals surface area contributed by atoms with Crippen molar-refractivity contribution in [1.29, 1.82) is 0 Å². The zero-order valence-electron chi connectivity index (χ0n) is 11.2. The standard InChI is InChI=1S/C16H10BrClN2OS/c17-11-4-7-13-14(9-11)22-16(19-13)20-15(21)8-3-10-1-5-12(18)6-2-10/h1-9H,(H,19,20,21)/b8-3+. The molecule has 2 aromatic carbocycles. The predicted octanol–water partition coefficient (Wildman–Crippen LogP) is 5.36. The number of hydrogen-bond donors (Lipinski definition) is 1. The van der Waals surface area contributed by atoms with E-state index in [2.05, 4.69) is 26.2 Å². The van der Waals surface area contributed by atoms with Crippen molar-refractivity contribution in [3.05, 3.63) is 63.6 Å². The van der Waals surface area contributed by atoms with E-state index in [1.54, 1.807) is 18.2 Å². The van der Waals surface area contributed by atoms with Gasteiger partial charge in [-0.15, -0.1) is 0 Å². The molecule has 6 heteroatoms. The molecule has 3 rings (SSSR count). The SMILES string of the molecule is O=C(/C=C/c1ccc(Cl)cc1)Nc1nc2ccc(Br)cc2s1. The molecule has 0 bridgehead atoms. The second kappa shape index (κ2) is 6.60. The number of carbonyl (C=O) groups excluding carboxylic acids is 1. The van der Waals surface area contributed by atoms with Crippen LogP contribution in [-0.4, -0.2) is 10.9 Å². The number of benzene rings is 2. The number of rotatable bonds is 3. The number of fused-ring (bicyclic) bond motifs is 1. The van der Waals surface area contributed by atoms with Crippen LogP contribution in [0.4, 0.5) is 5.13 Å². The van der Waals surface area contributed by atoms with E-state index >= 15 is 0 Å². The number of aromatic nitrogens is 1. The van der Waals surface area contributed by atoms with Crippen molar-refractivity contribution in [2.45, 2.75) is 0 Å². The fourth-order valence-corrected chi connectivity index (χ4v) is 3.39. The van der Waals surface area contributed by atoms with Gasteiger partial charge in [-0.05, 0) is 42.0 Å². The molecule has 110 valence electrons. The minimum absolute atomic E-state index is 0.215. The molecule has 0 aliphatic heterocycles. The van der Waals surface area contributed by atoms with Crippen LogP contribution in [0.1, 0.15) is 5.56 Å². The third kappa shape index (κ3) is 3.74. The summed E-state index contributed by atoms with van der Waals surface area (Å²) in [5, 5.41) is 4.02. The second-order valence-electron chi connectivity index (χ2n) is 4.51. The molecule has 0 radical (unpaired) electrons. The summed E-state index contributed by atoms with van der Waals surface area (Å²) in [6.45, 7) is 0. The molecule has 22 heavy (non-hydrogen) atoms. The quantitative estimate of drug-likeness (QED) is 0.608. The normalized spacial score (nSPS) is 11.2. The van der Waals surface area contributed by atoms with Crippen molar-refractivity contribution in [3.63, 3.8) is 0 Å². The summed E-state index contributed by atoms with van der Waals surface area (Å²) >= 11 is 10.7. The van der Waals surface area contributed by atoms with Crippen molar-refractivity contribution < 1.29 is 4.79 Å². The average Bonchev–Trinajstić information content (AvgIpc) is 2.88. The molecule has 0 fully saturated rings. The molecule has 0 aliphatic rings. The maximum atomic E-state index is 11.9. The number of amides is 1. The second-order valence-corrected chi connectivity index (χ2v) is 6.89. The zero-order chi connectivity index (χ0) is 15.5. The van der Waals surface area contributed by atoms with E-state index < -0.39 is 0 Å². The van der Waals surface area contributed by atoms with Gasteiger partial charge in [0.25, 0.3) is 0 Å². The van der Waals surface area contributed by atoms with Crippen LogP contribution in [0.15, 0.2) is 53.0 Å². The van der Waals surface area contributed by atoms with Crippen molar-refractivity contribution in [2.75, 3.05) is 5.32 Å². The predicted molar refractivity (Wildman–Crippen MR) is 96.4 cm³/mol. The van der Waals surface area contributed by atoms with Crippen LogP contribution in [0.2, 0.25) is 5.02 Å². The van der Waals surface area contributed by atoms with E-state index in [4.69, 9.17) is 11.6 Å². The molecule has 0 saturated heterocycles. The van der Waals surface area contributed by atoms with Gasteiger partial charge in [-0.3, -0.25) is 10.1 Å². The Morgan fingerprint density at radius 1 is 1.23 bits per heavy atom. The van der Waals surface area contributed by atoms with E-state index in [1.807, 2.05) is 30.3 Å². The van der Waals surface area contributed by atoms with Gasteiger partial charge in [0.2, 0.25) is 5.91 Å². The number of carbonyl (C=O) groups is 1. The van der Waals surface area contributed by atoms with Crippen LogP contribution in [0, 0.1) is 0 Å². The van der Waals surface area contributed by atoms with Crippen molar-refractivity contribution in [1.82, 2.24) is 4.98 Å². The molecular weight excluding hydrogens is 384 g/mol. The van der Waals surface area contributed by atoms with Crippen molar-refractivity contribution in [3.8, 4) is 0 Å². The number of thiazole rings is 1. The Morgan fingerprint density at radius 2 is 2.00 bits per heavy atom. The molecule has 1 heterocycles. The van der Waals surface area contributed by atoms with E-state index in [-0.39, 0.29) is 5.91 Å². The molecular formula is C16H10BrClN2OS. The first kappa shape index (κ1) is 15.2. The minimum Gasteiger partial charge on any atom is -0.298 e. The molecule has 3 nitrogen and oxygen atoms in total. The maximum absolute atomic E-state index is 11.9. The maximum Gasteiger partial charge on any atom is 0.250 e. The number of halogens is 2. The zero-order valence-corrected chi connectivity index (χ0v) is 14.4. The molecule has 0 saturated carbocycles. The van der Waals surface area contributed by atoms with Crippen LogP contribution in [0.3, 0.4) is 0 Å². The Labute approximate surface area is 144 Å². The molecule has 1 N–H and O–H groups in total. The third-order valence-corrected chi connectivity index (χ3v) is 4.56. The van der Waals surface area contributed by atoms with Crippen LogP contribution < -0.4 is 5.32 Å². The number of anilines is 1. The summed E-state index contributed by atoms with van der Waals surface area (Å²) in [7, 11) is 0. The average molecular weight is 394 g/mol. The van der Waals surface area contributed by atoms with Gasteiger partial charge in [-0.25, -0.2) is 4.98 Å². The summed E-state index contributed by atoms with van der Waals surface area (Å²) < 4.78 is 2.01. The lowest BCUT2D eigenvalue weighted by atomic mass is 10.2. The minimum atomic E-state index is -0.215. The highest BCUT2D eigenvalue weighted by molar-refractivity contribution is 9.10. The highest BCUT2D eigenvalue weighted by atomic mass is 79.9. The highest BCUT2D eigenvalue weighted by Gasteiger charge is 2.06. The Balaban J connectivity index is 1.71. The smallest absolute Gasteiger partial charge is 0.250 e. The van der Waals surface area contributed by atoms with Crippen molar-refractivity contribution >= 4 is 66.2 Å². The van der Waals surface area contributed by atoms with E-state index in [1.165, 1.54) is 17.4 Å². The fraction of sp³-hybridized carbons (Fsp3) is 0. The van der Waals surface area contributed by atoms with Gasteiger partial charge in [0.1, 0.15) is 0 Å². The van der Waals surface area contributed by atoms with E-state index in [0.717, 1.165) is 20.3 Å². The van der Waals surface area contributed by atoms with Gasteiger partial charge >= 0.3 is 0 Å². The summed E-state index contributed by atoms with van der Waals surface area (Å²) in [4.78, 5) is 16.3. The Bertz CT molecular complexity index is 858. The third-order valence-electron chi connectivity index (χ3n) is 2.88. The first-order chi connectivity index (χ1) is 10.6. The molecule has 1 aromatic heterocycles. The van der Waals surface area contributed by atoms with E-state index in [0.29, 0.717) is 10.2 Å². The topological polar surface area (TPSA) is 42.0 Å². The Kier molecular flexibility index (Phi) is 4.57. The first-order valence-electron chi connectivity index (χ1n) is 6.41. The lowest BCUT2D eigenvalue weighted by Crippen LogP contribution is -2.07. The highest BCUT2D eigenvalue weighted by Crippen LogP contribution is 2.28. The van der Waals surface area contributed by atoms with Crippen LogP contribution in [0.5, 0.6) is 0 Å². The Hall–Kier alpha value is -1.69. The number of nitrogens with one attached hydrogen (secondary N) is 1. The monoisotopic (exact) mass is 392 g/mol. The van der Waals surface area contributed by atoms with Gasteiger partial charge in [-0.1, -0.05) is 51.0 Å². The fourth-order valence-electron chi connectivity index (χ4n) is 1.84. The molecule has 0 unspecified atom stereocenters. The van der Waals surface area contributed by atoms with Gasteiger partial charge < -0.3 is 0 Å². The van der Waals surface area contributed by atoms with Gasteiger partial charge in [0.05, 0.1) is 10.2 Å². The summed E-state index contributed by atoms with van der Waals surface area (Å²) in [6.07, 6.45) is 3.21. The lowest BCUT2D eigenvalue weighted by molar-refractivity contribution is -0.111. The molecule has 1 amide bonds. The van der Waals surface area contributed by atoms with Crippen molar-refractivity contribution in [2.24, 2.45) is 0 Å². The molecule has 0 atom stereocenters. The molecule has 0 spiro atoms. The summed E-state index contributed by atoms with van der Waals surface area (Å²) in [5.74, 6) is -0.215. The van der Waals surface area contributed by atoms with Crippen LogP contribution in [0.25, 0.3) is 16.3 Å². The van der Waals surface area contributed by atoms with Gasteiger partial charge in [-0.2, -0.15) is 0 Å². The summed E-state index contributed by atoms with van der Waals surface area (Å²) in [5.41, 5.74) is 1.78. The summed E-state index contributed by atoms with van der Waals surface area (Å²) in [6, 6.07) is 13.1. The lowest BCUT2D eigenvalue weighted by Gasteiger charge is -1.96. The van der Waals surface area contributed by atoms with Gasteiger partial charge in [0.15, 0.2) is 5.13 Å². The largest absolute Gasteiger partial charge is 0.298 e. The van der Waals surface area contributed by atoms with Gasteiger partial charge in [0, 0.05) is 15.6 Å². The van der Waals surface area contributed by atoms with Crippen LogP contribution >= 0.6 is 38.9 Å². The number of nitrogens with zero attached hydrogens (tertiary/aromatic N) is 1. The Morgan fingerprint density at radius 3 is 2.77 bits per heavy atom. The molecule has 0 aliphatic carbocycles. The number of hydrogen-bond acceptors (Lipinski definition) is 3. The molecule has 3 aromatic rings.